The van der Waals surface area contributed by atoms with E-state index in [1.54, 1.807) is 20.4 Å². The molecule has 1 N–H and O–H groups in total. The molecule has 1 saturated heterocycles. The number of imidazole rings is 1. The number of nitrogens with one attached hydrogen (secondary N) is 1. The third kappa shape index (κ3) is 4.26. The van der Waals surface area contributed by atoms with Gasteiger partial charge in [-0.1, -0.05) is 12.5 Å². The topological polar surface area (TPSA) is 68.1 Å². The lowest BCUT2D eigenvalue weighted by Crippen LogP contribution is -2.37. The predicted molar refractivity (Wildman–Crippen MR) is 116 cm³/mol. The standard InChI is InChI=1S/C23H28N4O3/c1-29-19-7-6-8-20(30-2)22(19)17-9-10-21-25-18(16-27(21)15-17)23(28)24-11-14-26-12-4-3-5-13-26/h6-10,15-16H,3-5,11-14H2,1-2H3,(H,24,28). The Hall–Kier alpha value is -3.06. The van der Waals surface area contributed by atoms with E-state index in [1.807, 2.05) is 40.9 Å². The number of ether oxygens (including phenoxy) is 2. The van der Waals surface area contributed by atoms with Crippen molar-refractivity contribution in [3.63, 3.8) is 0 Å². The van der Waals surface area contributed by atoms with Crippen molar-refractivity contribution in [3.8, 4) is 22.6 Å². The normalized spacial score (nSPS) is 14.6. The van der Waals surface area contributed by atoms with E-state index < -0.39 is 0 Å². The van der Waals surface area contributed by atoms with Gasteiger partial charge in [0.05, 0.1) is 19.8 Å². The molecule has 0 bridgehead atoms. The summed E-state index contributed by atoms with van der Waals surface area (Å²) in [7, 11) is 3.28. The summed E-state index contributed by atoms with van der Waals surface area (Å²) in [6.45, 7) is 3.77. The number of methoxy groups -OCH3 is 2. The molecular weight excluding hydrogens is 380 g/mol. The summed E-state index contributed by atoms with van der Waals surface area (Å²) in [5.41, 5.74) is 2.92. The van der Waals surface area contributed by atoms with Gasteiger partial charge in [-0.2, -0.15) is 0 Å². The Morgan fingerprint density at radius 1 is 1.03 bits per heavy atom. The van der Waals surface area contributed by atoms with Crippen molar-refractivity contribution in [1.82, 2.24) is 19.6 Å². The maximum absolute atomic E-state index is 12.6. The smallest absolute Gasteiger partial charge is 0.271 e. The van der Waals surface area contributed by atoms with Crippen LogP contribution in [-0.4, -0.2) is 60.6 Å². The molecule has 1 aliphatic heterocycles. The second-order valence-electron chi connectivity index (χ2n) is 7.51. The highest BCUT2D eigenvalue weighted by Gasteiger charge is 2.16. The summed E-state index contributed by atoms with van der Waals surface area (Å²) in [6.07, 6.45) is 7.51. The minimum atomic E-state index is -0.146. The van der Waals surface area contributed by atoms with Crippen LogP contribution in [0.5, 0.6) is 11.5 Å². The Labute approximate surface area is 176 Å². The van der Waals surface area contributed by atoms with Crippen molar-refractivity contribution in [1.29, 1.82) is 0 Å². The molecule has 1 fully saturated rings. The predicted octanol–water partition coefficient (Wildman–Crippen LogP) is 3.23. The van der Waals surface area contributed by atoms with Gasteiger partial charge in [-0.15, -0.1) is 0 Å². The number of aromatic nitrogens is 2. The van der Waals surface area contributed by atoms with E-state index in [2.05, 4.69) is 15.2 Å². The van der Waals surface area contributed by atoms with E-state index in [1.165, 1.54) is 19.3 Å². The maximum Gasteiger partial charge on any atom is 0.271 e. The molecule has 1 aromatic carbocycles. The zero-order chi connectivity index (χ0) is 20.9. The average Bonchev–Trinajstić information content (AvgIpc) is 3.22. The van der Waals surface area contributed by atoms with Gasteiger partial charge in [0.25, 0.3) is 5.91 Å². The fraction of sp³-hybridized carbons (Fsp3) is 0.391. The number of hydrogen-bond donors (Lipinski definition) is 1. The van der Waals surface area contributed by atoms with Crippen molar-refractivity contribution in [2.24, 2.45) is 0 Å². The van der Waals surface area contributed by atoms with Crippen LogP contribution in [0.15, 0.2) is 42.7 Å². The number of fused-ring (bicyclic) bond motifs is 1. The van der Waals surface area contributed by atoms with Gasteiger partial charge in [-0.05, 0) is 50.2 Å². The third-order valence-corrected chi connectivity index (χ3v) is 5.56. The Morgan fingerprint density at radius 3 is 2.47 bits per heavy atom. The minimum absolute atomic E-state index is 0.146. The van der Waals surface area contributed by atoms with Gasteiger partial charge in [-0.3, -0.25) is 4.79 Å². The first kappa shape index (κ1) is 20.2. The van der Waals surface area contributed by atoms with Crippen molar-refractivity contribution in [2.45, 2.75) is 19.3 Å². The zero-order valence-corrected chi connectivity index (χ0v) is 17.6. The molecule has 1 aliphatic rings. The van der Waals surface area contributed by atoms with Crippen LogP contribution in [0.4, 0.5) is 0 Å². The Morgan fingerprint density at radius 2 is 1.77 bits per heavy atom. The number of carbonyl (C=O) groups excluding carboxylic acids is 1. The Bertz CT molecular complexity index is 1000. The van der Waals surface area contributed by atoms with Crippen LogP contribution < -0.4 is 14.8 Å². The summed E-state index contributed by atoms with van der Waals surface area (Å²) in [5.74, 6) is 1.31. The van der Waals surface area contributed by atoms with Gasteiger partial charge in [0.15, 0.2) is 0 Å². The number of benzene rings is 1. The fourth-order valence-corrected chi connectivity index (χ4v) is 3.99. The molecule has 0 aliphatic carbocycles. The van der Waals surface area contributed by atoms with Crippen LogP contribution in [0, 0.1) is 0 Å². The Balaban J connectivity index is 1.51. The SMILES string of the molecule is COc1cccc(OC)c1-c1ccc2nc(C(=O)NCCN3CCCCC3)cn2c1. The first-order valence-corrected chi connectivity index (χ1v) is 10.4. The van der Waals surface area contributed by atoms with Gasteiger partial charge in [0.2, 0.25) is 0 Å². The van der Waals surface area contributed by atoms with Crippen molar-refractivity contribution < 1.29 is 14.3 Å². The molecule has 0 radical (unpaired) electrons. The van der Waals surface area contributed by atoms with E-state index >= 15 is 0 Å². The summed E-state index contributed by atoms with van der Waals surface area (Å²) in [4.78, 5) is 19.4. The van der Waals surface area contributed by atoms with Crippen LogP contribution >= 0.6 is 0 Å². The van der Waals surface area contributed by atoms with Crippen molar-refractivity contribution in [2.75, 3.05) is 40.4 Å². The molecule has 3 heterocycles. The monoisotopic (exact) mass is 408 g/mol. The van der Waals surface area contributed by atoms with Gasteiger partial charge < -0.3 is 24.1 Å². The molecule has 3 aromatic rings. The van der Waals surface area contributed by atoms with Gasteiger partial charge in [0.1, 0.15) is 22.8 Å². The second-order valence-corrected chi connectivity index (χ2v) is 7.51. The summed E-state index contributed by atoms with van der Waals surface area (Å²) < 4.78 is 12.9. The number of nitrogens with zero attached hydrogens (tertiary/aromatic N) is 3. The van der Waals surface area contributed by atoms with Crippen LogP contribution in [0.25, 0.3) is 16.8 Å². The van der Waals surface area contributed by atoms with E-state index in [-0.39, 0.29) is 5.91 Å². The largest absolute Gasteiger partial charge is 0.496 e. The maximum atomic E-state index is 12.6. The molecule has 0 spiro atoms. The molecule has 7 heteroatoms. The molecule has 2 aromatic heterocycles. The van der Waals surface area contributed by atoms with Gasteiger partial charge >= 0.3 is 0 Å². The zero-order valence-electron chi connectivity index (χ0n) is 17.6. The number of pyridine rings is 1. The molecule has 7 nitrogen and oxygen atoms in total. The van der Waals surface area contributed by atoms with Crippen LogP contribution in [0.1, 0.15) is 29.8 Å². The molecule has 0 atom stereocenters. The quantitative estimate of drug-likeness (QED) is 0.650. The number of hydrogen-bond acceptors (Lipinski definition) is 5. The lowest BCUT2D eigenvalue weighted by molar-refractivity contribution is 0.0942. The molecule has 0 unspecified atom stereocenters. The average molecular weight is 409 g/mol. The molecule has 30 heavy (non-hydrogen) atoms. The van der Waals surface area contributed by atoms with E-state index in [0.717, 1.165) is 42.3 Å². The first-order valence-electron chi connectivity index (χ1n) is 10.4. The molecular formula is C23H28N4O3. The lowest BCUT2D eigenvalue weighted by atomic mass is 10.1. The van der Waals surface area contributed by atoms with E-state index in [9.17, 15) is 4.79 Å². The number of amides is 1. The first-order chi connectivity index (χ1) is 14.7. The second kappa shape index (κ2) is 9.17. The molecule has 158 valence electrons. The number of rotatable bonds is 7. The number of piperidine rings is 1. The highest BCUT2D eigenvalue weighted by molar-refractivity contribution is 5.93. The fourth-order valence-electron chi connectivity index (χ4n) is 3.99. The van der Waals surface area contributed by atoms with E-state index in [0.29, 0.717) is 17.9 Å². The molecule has 1 amide bonds. The highest BCUT2D eigenvalue weighted by Crippen LogP contribution is 2.38. The van der Waals surface area contributed by atoms with Crippen LogP contribution in [-0.2, 0) is 0 Å². The van der Waals surface area contributed by atoms with Crippen LogP contribution in [0.2, 0.25) is 0 Å². The summed E-state index contributed by atoms with van der Waals surface area (Å²) in [6, 6.07) is 9.55. The summed E-state index contributed by atoms with van der Waals surface area (Å²) in [5, 5.41) is 2.99. The molecule has 4 rings (SSSR count). The lowest BCUT2D eigenvalue weighted by Gasteiger charge is -2.26. The highest BCUT2D eigenvalue weighted by atomic mass is 16.5. The Kier molecular flexibility index (Phi) is 6.18. The number of likely N-dealkylation sites (tertiary alicyclic amines) is 1. The van der Waals surface area contributed by atoms with E-state index in [4.69, 9.17) is 9.47 Å². The minimum Gasteiger partial charge on any atom is -0.496 e. The van der Waals surface area contributed by atoms with Crippen LogP contribution in [0.3, 0.4) is 0 Å². The van der Waals surface area contributed by atoms with Crippen molar-refractivity contribution >= 4 is 11.6 Å². The van der Waals surface area contributed by atoms with Gasteiger partial charge in [-0.25, -0.2) is 4.98 Å². The third-order valence-electron chi connectivity index (χ3n) is 5.56. The number of carbonyl (C=O) groups is 1. The van der Waals surface area contributed by atoms with Gasteiger partial charge in [0, 0.05) is 31.0 Å². The molecule has 0 saturated carbocycles. The summed E-state index contributed by atoms with van der Waals surface area (Å²) >= 11 is 0. The van der Waals surface area contributed by atoms with Crippen molar-refractivity contribution in [3.05, 3.63) is 48.4 Å².